The van der Waals surface area contributed by atoms with Gasteiger partial charge < -0.3 is 10.1 Å². The van der Waals surface area contributed by atoms with Crippen LogP contribution in [0.4, 0.5) is 0 Å². The maximum atomic E-state index is 6.59. The molecule has 1 aliphatic carbocycles. The van der Waals surface area contributed by atoms with Gasteiger partial charge in [0.15, 0.2) is 0 Å². The lowest BCUT2D eigenvalue weighted by Gasteiger charge is -2.54. The Labute approximate surface area is 178 Å². The van der Waals surface area contributed by atoms with Crippen molar-refractivity contribution in [2.24, 2.45) is 5.41 Å². The second-order valence-electron chi connectivity index (χ2n) is 8.92. The minimum absolute atomic E-state index is 0.370. The monoisotopic (exact) mass is 409 g/mol. The van der Waals surface area contributed by atoms with E-state index in [-0.39, 0.29) is 0 Å². The predicted molar refractivity (Wildman–Crippen MR) is 119 cm³/mol. The summed E-state index contributed by atoms with van der Waals surface area (Å²) in [4.78, 5) is 7.40. The fraction of sp³-hybridized carbons (Fsp3) is 0.542. The molecule has 1 saturated heterocycles. The number of fused-ring (bicyclic) bond motifs is 1. The van der Waals surface area contributed by atoms with E-state index in [1.165, 1.54) is 42.8 Å². The van der Waals surface area contributed by atoms with Gasteiger partial charge in [0.1, 0.15) is 5.75 Å². The van der Waals surface area contributed by atoms with Gasteiger partial charge in [0.2, 0.25) is 0 Å². The molecule has 4 nitrogen and oxygen atoms in total. The second kappa shape index (κ2) is 8.29. The first kappa shape index (κ1) is 19.4. The van der Waals surface area contributed by atoms with Gasteiger partial charge in [0.05, 0.1) is 11.8 Å². The first-order valence-corrected chi connectivity index (χ1v) is 12.3. The average Bonchev–Trinajstić information content (AvgIpc) is 2.69. The SMILES string of the molecule is CSCCC1c2c(OC3CC4(CNC4)C3)ccnc2CCN1Cc1ccccc1. The summed E-state index contributed by atoms with van der Waals surface area (Å²) in [5.74, 6) is 2.24. The molecule has 1 spiro atoms. The normalized spacial score (nSPS) is 23.3. The van der Waals surface area contributed by atoms with Gasteiger partial charge in [-0.2, -0.15) is 11.8 Å². The van der Waals surface area contributed by atoms with Gasteiger partial charge in [0, 0.05) is 55.8 Å². The Morgan fingerprint density at radius 3 is 2.76 bits per heavy atom. The van der Waals surface area contributed by atoms with E-state index in [9.17, 15) is 0 Å². The Morgan fingerprint density at radius 1 is 1.21 bits per heavy atom. The second-order valence-corrected chi connectivity index (χ2v) is 9.91. The lowest BCUT2D eigenvalue weighted by atomic mass is 9.63. The van der Waals surface area contributed by atoms with Crippen molar-refractivity contribution in [1.82, 2.24) is 15.2 Å². The highest BCUT2D eigenvalue weighted by molar-refractivity contribution is 7.98. The van der Waals surface area contributed by atoms with E-state index in [4.69, 9.17) is 9.72 Å². The van der Waals surface area contributed by atoms with Gasteiger partial charge in [-0.3, -0.25) is 9.88 Å². The molecule has 3 heterocycles. The molecule has 3 aliphatic rings. The molecule has 0 bridgehead atoms. The fourth-order valence-electron chi connectivity index (χ4n) is 5.24. The van der Waals surface area contributed by atoms with E-state index < -0.39 is 0 Å². The third-order valence-corrected chi connectivity index (χ3v) is 7.53. The van der Waals surface area contributed by atoms with Crippen molar-refractivity contribution in [2.45, 2.75) is 44.4 Å². The summed E-state index contributed by atoms with van der Waals surface area (Å²) in [6.45, 7) is 4.40. The number of hydrogen-bond acceptors (Lipinski definition) is 5. The fourth-order valence-corrected chi connectivity index (χ4v) is 5.70. The topological polar surface area (TPSA) is 37.4 Å². The zero-order valence-corrected chi connectivity index (χ0v) is 18.1. The highest BCUT2D eigenvalue weighted by Gasteiger charge is 2.50. The molecule has 1 aromatic heterocycles. The summed E-state index contributed by atoms with van der Waals surface area (Å²) >= 11 is 1.93. The highest BCUT2D eigenvalue weighted by atomic mass is 32.2. The van der Waals surface area contributed by atoms with Crippen LogP contribution < -0.4 is 10.1 Å². The van der Waals surface area contributed by atoms with Crippen LogP contribution in [0.5, 0.6) is 5.75 Å². The van der Waals surface area contributed by atoms with E-state index in [2.05, 4.69) is 52.9 Å². The van der Waals surface area contributed by atoms with Crippen molar-refractivity contribution < 1.29 is 4.74 Å². The van der Waals surface area contributed by atoms with Crippen LogP contribution in [0.1, 0.15) is 42.1 Å². The van der Waals surface area contributed by atoms with Crippen LogP contribution in [-0.2, 0) is 13.0 Å². The zero-order valence-electron chi connectivity index (χ0n) is 17.3. The van der Waals surface area contributed by atoms with Crippen molar-refractivity contribution in [3.05, 3.63) is 59.4 Å². The third kappa shape index (κ3) is 3.92. The molecule has 5 rings (SSSR count). The number of pyridine rings is 1. The number of ether oxygens (including phenoxy) is 1. The maximum absolute atomic E-state index is 6.59. The summed E-state index contributed by atoms with van der Waals surface area (Å²) < 4.78 is 6.59. The zero-order chi connectivity index (χ0) is 19.7. The Bertz CT molecular complexity index is 831. The number of nitrogens with zero attached hydrogens (tertiary/aromatic N) is 2. The van der Waals surface area contributed by atoms with Crippen LogP contribution >= 0.6 is 11.8 Å². The van der Waals surface area contributed by atoms with Crippen molar-refractivity contribution >= 4 is 11.8 Å². The summed E-state index contributed by atoms with van der Waals surface area (Å²) in [6, 6.07) is 13.4. The first-order chi connectivity index (χ1) is 14.3. The summed E-state index contributed by atoms with van der Waals surface area (Å²) in [7, 11) is 0. The number of benzene rings is 1. The number of nitrogens with one attached hydrogen (secondary N) is 1. The third-order valence-electron chi connectivity index (χ3n) is 6.88. The summed E-state index contributed by atoms with van der Waals surface area (Å²) in [5.41, 5.74) is 4.53. The van der Waals surface area contributed by atoms with Crippen molar-refractivity contribution in [1.29, 1.82) is 0 Å². The number of thioether (sulfide) groups is 1. The molecule has 154 valence electrons. The molecule has 2 fully saturated rings. The lowest BCUT2D eigenvalue weighted by Crippen LogP contribution is -2.62. The average molecular weight is 410 g/mol. The number of rotatable bonds is 7. The van der Waals surface area contributed by atoms with E-state index in [0.29, 0.717) is 17.6 Å². The molecule has 1 N–H and O–H groups in total. The molecule has 1 unspecified atom stereocenters. The first-order valence-electron chi connectivity index (χ1n) is 10.9. The largest absolute Gasteiger partial charge is 0.490 e. The van der Waals surface area contributed by atoms with Crippen molar-refractivity contribution in [3.63, 3.8) is 0 Å². The molecular weight excluding hydrogens is 378 g/mol. The molecule has 0 amide bonds. The molecule has 29 heavy (non-hydrogen) atoms. The number of hydrogen-bond donors (Lipinski definition) is 1. The highest BCUT2D eigenvalue weighted by Crippen LogP contribution is 2.47. The van der Waals surface area contributed by atoms with Gasteiger partial charge in [-0.25, -0.2) is 0 Å². The predicted octanol–water partition coefficient (Wildman–Crippen LogP) is 4.06. The van der Waals surface area contributed by atoms with Crippen LogP contribution in [0.25, 0.3) is 0 Å². The lowest BCUT2D eigenvalue weighted by molar-refractivity contribution is -0.0506. The molecule has 1 atom stereocenters. The molecule has 1 aromatic carbocycles. The molecule has 5 heteroatoms. The van der Waals surface area contributed by atoms with Crippen LogP contribution in [0.15, 0.2) is 42.6 Å². The summed E-state index contributed by atoms with van der Waals surface area (Å²) in [5, 5.41) is 3.42. The standard InChI is InChI=1S/C24H31N3OS/c1-29-12-9-21-23-20(8-11-27(21)15-18-5-3-2-4-6-18)26-10-7-22(23)28-19-13-24(14-19)16-25-17-24/h2-7,10,19,21,25H,8-9,11-17H2,1H3. The van der Waals surface area contributed by atoms with Crippen LogP contribution in [0, 0.1) is 5.41 Å². The van der Waals surface area contributed by atoms with Crippen LogP contribution in [-0.4, -0.2) is 47.6 Å². The van der Waals surface area contributed by atoms with Gasteiger partial charge in [-0.1, -0.05) is 30.3 Å². The Kier molecular flexibility index (Phi) is 5.55. The van der Waals surface area contributed by atoms with Crippen LogP contribution in [0.2, 0.25) is 0 Å². The van der Waals surface area contributed by atoms with E-state index in [1.807, 2.05) is 18.0 Å². The summed E-state index contributed by atoms with van der Waals surface area (Å²) in [6.07, 6.45) is 9.06. The van der Waals surface area contributed by atoms with Crippen molar-refractivity contribution in [3.8, 4) is 5.75 Å². The van der Waals surface area contributed by atoms with Gasteiger partial charge >= 0.3 is 0 Å². The Balaban J connectivity index is 1.38. The number of aromatic nitrogens is 1. The van der Waals surface area contributed by atoms with Gasteiger partial charge in [0.25, 0.3) is 0 Å². The van der Waals surface area contributed by atoms with Crippen LogP contribution in [0.3, 0.4) is 0 Å². The maximum Gasteiger partial charge on any atom is 0.127 e. The molecule has 1 saturated carbocycles. The molecule has 2 aromatic rings. The smallest absolute Gasteiger partial charge is 0.127 e. The van der Waals surface area contributed by atoms with E-state index in [1.54, 1.807) is 0 Å². The van der Waals surface area contributed by atoms with E-state index >= 15 is 0 Å². The van der Waals surface area contributed by atoms with Gasteiger partial charge in [-0.05, 0) is 42.9 Å². The van der Waals surface area contributed by atoms with Gasteiger partial charge in [-0.15, -0.1) is 0 Å². The Morgan fingerprint density at radius 2 is 2.03 bits per heavy atom. The molecular formula is C24H31N3OS. The quantitative estimate of drug-likeness (QED) is 0.746. The minimum Gasteiger partial charge on any atom is -0.490 e. The molecule has 0 radical (unpaired) electrons. The van der Waals surface area contributed by atoms with Crippen molar-refractivity contribution in [2.75, 3.05) is 31.6 Å². The minimum atomic E-state index is 0.370. The van der Waals surface area contributed by atoms with E-state index in [0.717, 1.165) is 37.4 Å². The Hall–Kier alpha value is -1.56. The molecule has 2 aliphatic heterocycles.